The van der Waals surface area contributed by atoms with E-state index in [2.05, 4.69) is 0 Å². The Balaban J connectivity index is 3.16. The van der Waals surface area contributed by atoms with Gasteiger partial charge in [-0.05, 0) is 13.0 Å². The molecule has 0 aliphatic rings. The third-order valence-corrected chi connectivity index (χ3v) is 6.04. The summed E-state index contributed by atoms with van der Waals surface area (Å²) in [7, 11) is -0.604. The van der Waals surface area contributed by atoms with Gasteiger partial charge in [0.1, 0.15) is 17.1 Å². The van der Waals surface area contributed by atoms with Crippen LogP contribution in [0.5, 0.6) is 0 Å². The van der Waals surface area contributed by atoms with Crippen LogP contribution < -0.4 is 0 Å². The molecule has 0 unspecified atom stereocenters. The summed E-state index contributed by atoms with van der Waals surface area (Å²) in [5, 5.41) is 0. The van der Waals surface area contributed by atoms with Crippen LogP contribution in [0.15, 0.2) is 17.2 Å². The van der Waals surface area contributed by atoms with Crippen LogP contribution in [0.1, 0.15) is 31.3 Å². The minimum absolute atomic E-state index is 0.0416. The molecule has 0 aromatic carbocycles. The van der Waals surface area contributed by atoms with E-state index in [-0.39, 0.29) is 36.9 Å². The smallest absolute Gasteiger partial charge is 0.325 e. The van der Waals surface area contributed by atoms with Crippen molar-refractivity contribution in [2.45, 2.75) is 25.7 Å². The second-order valence-corrected chi connectivity index (χ2v) is 7.72. The maximum atomic E-state index is 12.9. The van der Waals surface area contributed by atoms with Crippen molar-refractivity contribution in [3.63, 3.8) is 0 Å². The number of hydrogen-bond donors (Lipinski definition) is 0. The molecule has 0 aliphatic heterocycles. The Morgan fingerprint density at radius 3 is 2.33 bits per heavy atom. The maximum Gasteiger partial charge on any atom is 0.325 e. The molecule has 0 aliphatic carbocycles. The number of methoxy groups -OCH3 is 1. The number of hydrogen-bond acceptors (Lipinski definition) is 6. The molecule has 1 rings (SSSR count). The molecule has 27 heavy (non-hydrogen) atoms. The third-order valence-electron chi connectivity index (χ3n) is 4.02. The Morgan fingerprint density at radius 1 is 1.19 bits per heavy atom. The lowest BCUT2D eigenvalue weighted by atomic mass is 10.3. The van der Waals surface area contributed by atoms with Gasteiger partial charge >= 0.3 is 5.97 Å². The zero-order valence-corrected chi connectivity index (χ0v) is 17.4. The lowest BCUT2D eigenvalue weighted by molar-refractivity contribution is -0.143. The summed E-state index contributed by atoms with van der Waals surface area (Å²) in [5.74, 6) is -1.00. The fourth-order valence-corrected chi connectivity index (χ4v) is 4.11. The van der Waals surface area contributed by atoms with Crippen LogP contribution in [0.25, 0.3) is 0 Å². The second-order valence-electron chi connectivity index (χ2n) is 5.79. The first-order valence-corrected chi connectivity index (χ1v) is 10.3. The van der Waals surface area contributed by atoms with Crippen molar-refractivity contribution in [3.05, 3.63) is 18.0 Å². The van der Waals surface area contributed by atoms with E-state index in [1.54, 1.807) is 27.8 Å². The minimum Gasteiger partial charge on any atom is -0.465 e. The van der Waals surface area contributed by atoms with Crippen LogP contribution in [0.4, 0.5) is 0 Å². The van der Waals surface area contributed by atoms with Gasteiger partial charge in [-0.15, -0.1) is 0 Å². The summed E-state index contributed by atoms with van der Waals surface area (Å²) in [6.45, 7) is 6.24. The molecule has 1 amide bonds. The Kier molecular flexibility index (Phi) is 8.94. The highest BCUT2D eigenvalue weighted by atomic mass is 32.2. The molecule has 0 saturated heterocycles. The van der Waals surface area contributed by atoms with E-state index < -0.39 is 21.9 Å². The van der Waals surface area contributed by atoms with Gasteiger partial charge in [0, 0.05) is 40.0 Å². The molecule has 0 spiro atoms. The predicted molar refractivity (Wildman–Crippen MR) is 99.9 cm³/mol. The zero-order chi connectivity index (χ0) is 20.6. The maximum absolute atomic E-state index is 12.9. The second kappa shape index (κ2) is 10.4. The van der Waals surface area contributed by atoms with Gasteiger partial charge in [0.15, 0.2) is 0 Å². The first-order valence-electron chi connectivity index (χ1n) is 8.83. The Bertz CT molecular complexity index is 740. The molecular weight excluding hydrogens is 374 g/mol. The number of aromatic nitrogens is 1. The van der Waals surface area contributed by atoms with Gasteiger partial charge in [-0.2, -0.15) is 4.31 Å². The molecule has 0 bridgehead atoms. The van der Waals surface area contributed by atoms with Crippen molar-refractivity contribution < 1.29 is 27.5 Å². The number of carbonyl (C=O) groups excluding carboxylic acids is 2. The van der Waals surface area contributed by atoms with Crippen molar-refractivity contribution in [1.82, 2.24) is 13.8 Å². The van der Waals surface area contributed by atoms with Crippen molar-refractivity contribution in [2.75, 3.05) is 46.5 Å². The highest BCUT2D eigenvalue weighted by Crippen LogP contribution is 2.19. The molecule has 0 atom stereocenters. The van der Waals surface area contributed by atoms with Gasteiger partial charge in [0.2, 0.25) is 10.0 Å². The van der Waals surface area contributed by atoms with Crippen LogP contribution in [-0.2, 0) is 31.3 Å². The van der Waals surface area contributed by atoms with Crippen LogP contribution in [0.3, 0.4) is 0 Å². The summed E-state index contributed by atoms with van der Waals surface area (Å²) in [6, 6.07) is 1.33. The number of nitrogens with zero attached hydrogens (tertiary/aromatic N) is 3. The van der Waals surface area contributed by atoms with E-state index in [1.807, 2.05) is 0 Å². The van der Waals surface area contributed by atoms with Crippen LogP contribution in [-0.4, -0.2) is 80.6 Å². The summed E-state index contributed by atoms with van der Waals surface area (Å²) < 4.78 is 38.0. The Hall–Kier alpha value is -1.91. The molecule has 1 aromatic heterocycles. The molecule has 0 radical (unpaired) electrons. The predicted octanol–water partition coefficient (Wildman–Crippen LogP) is 0.707. The fraction of sp³-hybridized carbons (Fsp3) is 0.647. The fourth-order valence-electron chi connectivity index (χ4n) is 2.58. The number of sulfonamides is 1. The van der Waals surface area contributed by atoms with E-state index in [1.165, 1.54) is 33.1 Å². The highest BCUT2D eigenvalue weighted by Gasteiger charge is 2.27. The zero-order valence-electron chi connectivity index (χ0n) is 16.6. The molecular formula is C17H29N3O6S. The topological polar surface area (TPSA) is 98.1 Å². The monoisotopic (exact) mass is 403 g/mol. The SMILES string of the molecule is CCOC(=O)CN(CCOC)C(=O)c1cc(S(=O)(=O)N(CC)CC)cn1C. The number of esters is 1. The van der Waals surface area contributed by atoms with Crippen molar-refractivity contribution in [2.24, 2.45) is 7.05 Å². The van der Waals surface area contributed by atoms with E-state index >= 15 is 0 Å². The molecule has 0 fully saturated rings. The number of rotatable bonds is 11. The van der Waals surface area contributed by atoms with Crippen molar-refractivity contribution in [3.8, 4) is 0 Å². The first-order chi connectivity index (χ1) is 12.7. The van der Waals surface area contributed by atoms with Gasteiger partial charge in [0.05, 0.1) is 13.2 Å². The van der Waals surface area contributed by atoms with E-state index in [0.29, 0.717) is 13.1 Å². The molecule has 1 heterocycles. The number of ether oxygens (including phenoxy) is 2. The number of aryl methyl sites for hydroxylation is 1. The average Bonchev–Trinajstić information content (AvgIpc) is 3.01. The lowest BCUT2D eigenvalue weighted by Gasteiger charge is -2.21. The quantitative estimate of drug-likeness (QED) is 0.505. The van der Waals surface area contributed by atoms with Crippen LogP contribution in [0, 0.1) is 0 Å². The summed E-state index contributed by atoms with van der Waals surface area (Å²) in [6.07, 6.45) is 1.40. The van der Waals surface area contributed by atoms with Crippen molar-refractivity contribution >= 4 is 21.9 Å². The number of carbonyl (C=O) groups is 2. The molecule has 154 valence electrons. The van der Waals surface area contributed by atoms with Crippen LogP contribution >= 0.6 is 0 Å². The minimum atomic E-state index is -3.69. The summed E-state index contributed by atoms with van der Waals surface area (Å²) in [5.41, 5.74) is 0.168. The van der Waals surface area contributed by atoms with Gasteiger partial charge in [-0.3, -0.25) is 9.59 Å². The van der Waals surface area contributed by atoms with Crippen molar-refractivity contribution in [1.29, 1.82) is 0 Å². The van der Waals surface area contributed by atoms with Gasteiger partial charge in [0.25, 0.3) is 5.91 Å². The number of amides is 1. The van der Waals surface area contributed by atoms with E-state index in [9.17, 15) is 18.0 Å². The summed E-state index contributed by atoms with van der Waals surface area (Å²) >= 11 is 0. The Labute approximate surface area is 160 Å². The normalized spacial score (nSPS) is 11.6. The molecule has 1 aromatic rings. The average molecular weight is 404 g/mol. The van der Waals surface area contributed by atoms with Gasteiger partial charge in [-0.25, -0.2) is 8.42 Å². The van der Waals surface area contributed by atoms with Gasteiger partial charge < -0.3 is 18.9 Å². The largest absolute Gasteiger partial charge is 0.465 e. The van der Waals surface area contributed by atoms with Gasteiger partial charge in [-0.1, -0.05) is 13.8 Å². The van der Waals surface area contributed by atoms with Crippen LogP contribution in [0.2, 0.25) is 0 Å². The highest BCUT2D eigenvalue weighted by molar-refractivity contribution is 7.89. The summed E-state index contributed by atoms with van der Waals surface area (Å²) in [4.78, 5) is 26.0. The standard InChI is InChI=1S/C17H29N3O6S/c1-6-20(7-2)27(23,24)14-11-15(18(4)12-14)17(22)19(9-10-25-5)13-16(21)26-8-3/h11-12H,6-10,13H2,1-5H3. The first kappa shape index (κ1) is 23.1. The third kappa shape index (κ3) is 5.78. The lowest BCUT2D eigenvalue weighted by Crippen LogP contribution is -2.39. The Morgan fingerprint density at radius 2 is 1.81 bits per heavy atom. The van der Waals surface area contributed by atoms with E-state index in [4.69, 9.17) is 9.47 Å². The molecule has 0 N–H and O–H groups in total. The molecule has 10 heteroatoms. The molecule has 0 saturated carbocycles. The van der Waals surface area contributed by atoms with E-state index in [0.717, 1.165) is 0 Å². The molecule has 9 nitrogen and oxygen atoms in total.